The molecule has 1 atom stereocenters. The van der Waals surface area contributed by atoms with Gasteiger partial charge in [-0.05, 0) is 47.4 Å². The minimum atomic E-state index is -4.41. The van der Waals surface area contributed by atoms with Gasteiger partial charge in [-0.1, -0.05) is 97.7 Å². The van der Waals surface area contributed by atoms with Gasteiger partial charge < -0.3 is 10.2 Å². The fourth-order valence-electron chi connectivity index (χ4n) is 4.82. The summed E-state index contributed by atoms with van der Waals surface area (Å²) in [6.45, 7) is 3.35. The van der Waals surface area contributed by atoms with Crippen LogP contribution < -0.4 is 9.62 Å². The summed E-state index contributed by atoms with van der Waals surface area (Å²) in [5.41, 5.74) is 0.882. The monoisotopic (exact) mass is 696 g/mol. The molecule has 0 spiro atoms. The van der Waals surface area contributed by atoms with Gasteiger partial charge in [0.2, 0.25) is 11.8 Å². The standard InChI is InChI=1S/C34H34Cl2N4O6S/c1-24(2)21-37-34(42)32(19-25-10-5-3-6-11-25)38(22-26-16-17-30(35)31(36)18-26)33(41)23-39(27-12-9-13-28(20-27)40(43)44)47(45,46)29-14-7-4-8-15-29/h3-18,20,24,32H,19,21-23H2,1-2H3,(H,37,42)/t32-/m0/s1. The summed E-state index contributed by atoms with van der Waals surface area (Å²) in [6.07, 6.45) is 0.125. The molecule has 4 rings (SSSR count). The minimum absolute atomic E-state index is 0.0882. The Bertz CT molecular complexity index is 1830. The largest absolute Gasteiger partial charge is 0.354 e. The first-order valence-electron chi connectivity index (χ1n) is 14.7. The first kappa shape index (κ1) is 35.4. The average molecular weight is 698 g/mol. The van der Waals surface area contributed by atoms with Gasteiger partial charge in [-0.3, -0.25) is 24.0 Å². The lowest BCUT2D eigenvalue weighted by Crippen LogP contribution is -2.53. The molecule has 4 aromatic carbocycles. The van der Waals surface area contributed by atoms with Crippen LogP contribution in [0.4, 0.5) is 11.4 Å². The number of carbonyl (C=O) groups is 2. The molecule has 13 heteroatoms. The van der Waals surface area contributed by atoms with Gasteiger partial charge in [0.15, 0.2) is 0 Å². The molecule has 246 valence electrons. The number of halogens is 2. The van der Waals surface area contributed by atoms with Crippen molar-refractivity contribution < 1.29 is 22.9 Å². The van der Waals surface area contributed by atoms with E-state index in [9.17, 15) is 28.1 Å². The van der Waals surface area contributed by atoms with Crippen molar-refractivity contribution in [2.75, 3.05) is 17.4 Å². The third-order valence-corrected chi connectivity index (χ3v) is 9.76. The molecule has 0 unspecified atom stereocenters. The number of carbonyl (C=O) groups excluding carboxylic acids is 2. The third-order valence-electron chi connectivity index (χ3n) is 7.23. The van der Waals surface area contributed by atoms with Gasteiger partial charge in [-0.25, -0.2) is 8.42 Å². The molecule has 1 N–H and O–H groups in total. The molecule has 0 aliphatic carbocycles. The first-order chi connectivity index (χ1) is 22.4. The molecule has 0 radical (unpaired) electrons. The van der Waals surface area contributed by atoms with E-state index in [2.05, 4.69) is 5.32 Å². The van der Waals surface area contributed by atoms with Crippen molar-refractivity contribution in [3.63, 3.8) is 0 Å². The van der Waals surface area contributed by atoms with Crippen LogP contribution in [0.3, 0.4) is 0 Å². The Hall–Kier alpha value is -4.45. The summed E-state index contributed by atoms with van der Waals surface area (Å²) in [6, 6.07) is 25.4. The van der Waals surface area contributed by atoms with Gasteiger partial charge in [0.25, 0.3) is 15.7 Å². The predicted octanol–water partition coefficient (Wildman–Crippen LogP) is 6.51. The number of nitro benzene ring substituents is 1. The van der Waals surface area contributed by atoms with Crippen molar-refractivity contribution in [3.05, 3.63) is 134 Å². The molecule has 0 saturated heterocycles. The summed E-state index contributed by atoms with van der Waals surface area (Å²) in [5.74, 6) is -1.03. The maximum absolute atomic E-state index is 14.5. The molecule has 10 nitrogen and oxygen atoms in total. The molecular formula is C34H34Cl2N4O6S. The maximum atomic E-state index is 14.5. The molecule has 4 aromatic rings. The second kappa shape index (κ2) is 15.9. The van der Waals surface area contributed by atoms with E-state index >= 15 is 0 Å². The molecule has 0 aliphatic rings. The van der Waals surface area contributed by atoms with Crippen LogP contribution in [0.25, 0.3) is 0 Å². The number of nitrogens with zero attached hydrogens (tertiary/aromatic N) is 3. The van der Waals surface area contributed by atoms with Gasteiger partial charge >= 0.3 is 0 Å². The number of hydrogen-bond donors (Lipinski definition) is 1. The zero-order valence-electron chi connectivity index (χ0n) is 25.8. The summed E-state index contributed by atoms with van der Waals surface area (Å²) >= 11 is 12.5. The van der Waals surface area contributed by atoms with Crippen LogP contribution >= 0.6 is 23.2 Å². The zero-order valence-corrected chi connectivity index (χ0v) is 28.1. The van der Waals surface area contributed by atoms with E-state index in [1.54, 1.807) is 24.3 Å². The van der Waals surface area contributed by atoms with E-state index in [1.807, 2.05) is 44.2 Å². The number of benzene rings is 4. The van der Waals surface area contributed by atoms with Crippen LogP contribution in [0.5, 0.6) is 0 Å². The van der Waals surface area contributed by atoms with E-state index in [4.69, 9.17) is 23.2 Å². The van der Waals surface area contributed by atoms with Crippen LogP contribution in [0.1, 0.15) is 25.0 Å². The molecular weight excluding hydrogens is 663 g/mol. The second-order valence-electron chi connectivity index (χ2n) is 11.2. The molecule has 0 fully saturated rings. The Morgan fingerprint density at radius 2 is 1.51 bits per heavy atom. The van der Waals surface area contributed by atoms with Gasteiger partial charge in [0, 0.05) is 31.6 Å². The second-order valence-corrected chi connectivity index (χ2v) is 13.9. The van der Waals surface area contributed by atoms with Gasteiger partial charge in [0.05, 0.1) is 25.6 Å². The number of nitro groups is 1. The van der Waals surface area contributed by atoms with E-state index in [0.29, 0.717) is 17.1 Å². The molecule has 0 aliphatic heterocycles. The van der Waals surface area contributed by atoms with Gasteiger partial charge in [0.1, 0.15) is 12.6 Å². The normalized spacial score (nSPS) is 11.9. The third kappa shape index (κ3) is 9.31. The SMILES string of the molecule is CC(C)CNC(=O)[C@H](Cc1ccccc1)N(Cc1ccc(Cl)c(Cl)c1)C(=O)CN(c1cccc([N+](=O)[O-])c1)S(=O)(=O)c1ccccc1. The number of anilines is 1. The Labute approximate surface area is 284 Å². The van der Waals surface area contributed by atoms with E-state index in [-0.39, 0.29) is 40.2 Å². The molecule has 0 saturated carbocycles. The number of rotatable bonds is 14. The molecule has 0 bridgehead atoms. The number of hydrogen-bond acceptors (Lipinski definition) is 6. The smallest absolute Gasteiger partial charge is 0.271 e. The van der Waals surface area contributed by atoms with Crippen LogP contribution in [0.15, 0.2) is 108 Å². The maximum Gasteiger partial charge on any atom is 0.271 e. The Morgan fingerprint density at radius 3 is 2.13 bits per heavy atom. The highest BCUT2D eigenvalue weighted by atomic mass is 35.5. The Morgan fingerprint density at radius 1 is 0.851 bits per heavy atom. The number of nitrogens with one attached hydrogen (secondary N) is 1. The van der Waals surface area contributed by atoms with Gasteiger partial charge in [-0.2, -0.15) is 0 Å². The minimum Gasteiger partial charge on any atom is -0.354 e. The highest BCUT2D eigenvalue weighted by Gasteiger charge is 2.35. The summed E-state index contributed by atoms with van der Waals surface area (Å²) in [5, 5.41) is 15.1. The lowest BCUT2D eigenvalue weighted by molar-refractivity contribution is -0.384. The lowest BCUT2D eigenvalue weighted by atomic mass is 10.0. The fourth-order valence-corrected chi connectivity index (χ4v) is 6.57. The topological polar surface area (TPSA) is 130 Å². The lowest BCUT2D eigenvalue weighted by Gasteiger charge is -2.34. The number of amides is 2. The molecule has 2 amide bonds. The van der Waals surface area contributed by atoms with Crippen molar-refractivity contribution in [1.29, 1.82) is 0 Å². The Balaban J connectivity index is 1.83. The van der Waals surface area contributed by atoms with Crippen molar-refractivity contribution in [2.24, 2.45) is 5.92 Å². The van der Waals surface area contributed by atoms with E-state index in [0.717, 1.165) is 15.9 Å². The summed E-state index contributed by atoms with van der Waals surface area (Å²) < 4.78 is 28.9. The van der Waals surface area contributed by atoms with Crippen molar-refractivity contribution in [1.82, 2.24) is 10.2 Å². The van der Waals surface area contributed by atoms with Crippen molar-refractivity contribution in [2.45, 2.75) is 37.8 Å². The molecule has 47 heavy (non-hydrogen) atoms. The van der Waals surface area contributed by atoms with Crippen molar-refractivity contribution in [3.8, 4) is 0 Å². The van der Waals surface area contributed by atoms with Gasteiger partial charge in [-0.15, -0.1) is 0 Å². The van der Waals surface area contributed by atoms with Crippen LogP contribution in [-0.4, -0.2) is 49.2 Å². The average Bonchev–Trinajstić information content (AvgIpc) is 3.06. The molecule has 0 aromatic heterocycles. The fraction of sp³-hybridized carbons (Fsp3) is 0.235. The molecule has 0 heterocycles. The Kier molecular flexibility index (Phi) is 12.0. The number of sulfonamides is 1. The summed E-state index contributed by atoms with van der Waals surface area (Å²) in [7, 11) is -4.41. The van der Waals surface area contributed by atoms with Crippen molar-refractivity contribution >= 4 is 56.4 Å². The zero-order chi connectivity index (χ0) is 34.1. The highest BCUT2D eigenvalue weighted by molar-refractivity contribution is 7.92. The number of non-ortho nitro benzene ring substituents is 1. The van der Waals surface area contributed by atoms with Crippen LogP contribution in [0.2, 0.25) is 10.0 Å². The first-order valence-corrected chi connectivity index (χ1v) is 16.9. The summed E-state index contributed by atoms with van der Waals surface area (Å²) in [4.78, 5) is 40.5. The predicted molar refractivity (Wildman–Crippen MR) is 183 cm³/mol. The van der Waals surface area contributed by atoms with E-state index in [1.165, 1.54) is 47.4 Å². The highest BCUT2D eigenvalue weighted by Crippen LogP contribution is 2.29. The van der Waals surface area contributed by atoms with E-state index < -0.39 is 39.3 Å². The van der Waals surface area contributed by atoms with Crippen LogP contribution in [-0.2, 0) is 32.6 Å². The van der Waals surface area contributed by atoms with Crippen LogP contribution in [0, 0.1) is 16.0 Å². The quantitative estimate of drug-likeness (QED) is 0.118.